The number of nitrogens with zero attached hydrogens (tertiary/aromatic N) is 2. The third kappa shape index (κ3) is 7.76. The van der Waals surface area contributed by atoms with E-state index in [0.717, 1.165) is 56.3 Å². The molecule has 3 N–H and O–H groups in total. The van der Waals surface area contributed by atoms with Gasteiger partial charge in [0.25, 0.3) is 0 Å². The van der Waals surface area contributed by atoms with Gasteiger partial charge in [-0.1, -0.05) is 0 Å². The van der Waals surface area contributed by atoms with Gasteiger partial charge in [0.1, 0.15) is 17.1 Å². The average Bonchev–Trinajstić information content (AvgIpc) is 2.93. The summed E-state index contributed by atoms with van der Waals surface area (Å²) in [5, 5.41) is 17.3. The lowest BCUT2D eigenvalue weighted by Crippen LogP contribution is -2.40. The van der Waals surface area contributed by atoms with Crippen molar-refractivity contribution in [3.63, 3.8) is 0 Å². The second-order valence-electron chi connectivity index (χ2n) is 6.87. The summed E-state index contributed by atoms with van der Waals surface area (Å²) in [6.45, 7) is 12.0. The van der Waals surface area contributed by atoms with E-state index < -0.39 is 5.60 Å². The number of aliphatic imine (C=N–C) groups is 1. The largest absolute Gasteiger partial charge is 0.466 e. The fraction of sp³-hybridized carbons (Fsp3) is 0.737. The minimum atomic E-state index is -1.06. The number of aryl methyl sites for hydroxylation is 2. The highest BCUT2D eigenvalue weighted by Crippen LogP contribution is 2.27. The van der Waals surface area contributed by atoms with Crippen LogP contribution in [0.2, 0.25) is 0 Å². The van der Waals surface area contributed by atoms with E-state index in [9.17, 15) is 5.11 Å². The molecule has 1 aromatic rings. The molecule has 7 heteroatoms. The van der Waals surface area contributed by atoms with Crippen molar-refractivity contribution in [2.24, 2.45) is 4.99 Å². The average molecular weight is 369 g/mol. The van der Waals surface area contributed by atoms with Crippen molar-refractivity contribution in [3.05, 3.63) is 23.2 Å². The summed E-state index contributed by atoms with van der Waals surface area (Å²) >= 11 is 0. The van der Waals surface area contributed by atoms with Gasteiger partial charge in [-0.3, -0.25) is 0 Å². The molecule has 0 bridgehead atoms. The van der Waals surface area contributed by atoms with E-state index in [1.807, 2.05) is 26.8 Å². The topological polar surface area (TPSA) is 82.3 Å². The van der Waals surface area contributed by atoms with Crippen LogP contribution in [0.4, 0.5) is 0 Å². The van der Waals surface area contributed by atoms with Gasteiger partial charge >= 0.3 is 0 Å². The lowest BCUT2D eigenvalue weighted by atomic mass is 9.96. The van der Waals surface area contributed by atoms with Crippen molar-refractivity contribution in [3.8, 4) is 0 Å². The van der Waals surface area contributed by atoms with Crippen LogP contribution in [0.3, 0.4) is 0 Å². The molecule has 1 heterocycles. The maximum absolute atomic E-state index is 10.8. The first-order chi connectivity index (χ1) is 12.3. The molecule has 1 atom stereocenters. The Hall–Kier alpha value is -1.57. The molecule has 26 heavy (non-hydrogen) atoms. The van der Waals surface area contributed by atoms with Gasteiger partial charge < -0.3 is 29.8 Å². The predicted molar refractivity (Wildman–Crippen MR) is 106 cm³/mol. The standard InChI is InChI=1S/C19H36N4O3/c1-7-20-18(21-9-8-10-23(5)11-12-25-6)22-14-19(4,24)17-13-15(2)26-16(17)3/h13,24H,7-12,14H2,1-6H3,(H2,20,21,22). The van der Waals surface area contributed by atoms with Crippen molar-refractivity contribution in [2.75, 3.05) is 53.5 Å². The summed E-state index contributed by atoms with van der Waals surface area (Å²) in [6.07, 6.45) is 1.00. The Morgan fingerprint density at radius 1 is 1.35 bits per heavy atom. The number of ether oxygens (including phenoxy) is 1. The molecule has 0 aliphatic heterocycles. The molecule has 0 saturated heterocycles. The maximum atomic E-state index is 10.8. The van der Waals surface area contributed by atoms with Crippen LogP contribution in [0.1, 0.15) is 37.4 Å². The summed E-state index contributed by atoms with van der Waals surface area (Å²) in [5.74, 6) is 2.24. The Bertz CT molecular complexity index is 555. The van der Waals surface area contributed by atoms with Gasteiger partial charge in [0.2, 0.25) is 0 Å². The maximum Gasteiger partial charge on any atom is 0.191 e. The molecule has 0 fully saturated rings. The summed E-state index contributed by atoms with van der Waals surface area (Å²) in [5.41, 5.74) is -0.278. The van der Waals surface area contributed by atoms with Gasteiger partial charge in [0.05, 0.1) is 13.2 Å². The monoisotopic (exact) mass is 368 g/mol. The second-order valence-corrected chi connectivity index (χ2v) is 6.87. The summed E-state index contributed by atoms with van der Waals surface area (Å²) in [6, 6.07) is 1.88. The van der Waals surface area contributed by atoms with E-state index in [4.69, 9.17) is 9.15 Å². The molecular weight excluding hydrogens is 332 g/mol. The normalized spacial score (nSPS) is 14.5. The number of rotatable bonds is 11. The highest BCUT2D eigenvalue weighted by atomic mass is 16.5. The van der Waals surface area contributed by atoms with Gasteiger partial charge in [0, 0.05) is 32.3 Å². The zero-order chi connectivity index (χ0) is 19.6. The minimum absolute atomic E-state index is 0.260. The van der Waals surface area contributed by atoms with Crippen LogP contribution in [-0.4, -0.2) is 69.5 Å². The van der Waals surface area contributed by atoms with Crippen LogP contribution in [0.15, 0.2) is 15.5 Å². The lowest BCUT2D eigenvalue weighted by molar-refractivity contribution is 0.0657. The third-order valence-electron chi connectivity index (χ3n) is 4.20. The molecule has 7 nitrogen and oxygen atoms in total. The minimum Gasteiger partial charge on any atom is -0.466 e. The summed E-state index contributed by atoms with van der Waals surface area (Å²) in [4.78, 5) is 6.79. The molecule has 0 aliphatic carbocycles. The van der Waals surface area contributed by atoms with Gasteiger partial charge in [0.15, 0.2) is 5.96 Å². The van der Waals surface area contributed by atoms with Gasteiger partial charge in [-0.25, -0.2) is 4.99 Å². The van der Waals surface area contributed by atoms with E-state index in [-0.39, 0.29) is 6.54 Å². The Morgan fingerprint density at radius 3 is 2.65 bits per heavy atom. The quantitative estimate of drug-likeness (QED) is 0.313. The lowest BCUT2D eigenvalue weighted by Gasteiger charge is -2.22. The number of methoxy groups -OCH3 is 1. The number of aliphatic hydroxyl groups is 1. The second kappa shape index (κ2) is 11.2. The number of nitrogens with one attached hydrogen (secondary N) is 2. The van der Waals surface area contributed by atoms with Crippen LogP contribution in [0.5, 0.6) is 0 Å². The van der Waals surface area contributed by atoms with Crippen LogP contribution < -0.4 is 10.6 Å². The van der Waals surface area contributed by atoms with Gasteiger partial charge in [-0.2, -0.15) is 0 Å². The first-order valence-corrected chi connectivity index (χ1v) is 9.29. The Balaban J connectivity index is 2.53. The fourth-order valence-electron chi connectivity index (χ4n) is 2.74. The highest BCUT2D eigenvalue weighted by Gasteiger charge is 2.27. The SMILES string of the molecule is CCNC(=NCC(C)(O)c1cc(C)oc1C)NCCCN(C)CCOC. The predicted octanol–water partition coefficient (Wildman–Crippen LogP) is 1.63. The first-order valence-electron chi connectivity index (χ1n) is 9.29. The van der Waals surface area contributed by atoms with Gasteiger partial charge in [-0.05, 0) is 53.8 Å². The smallest absolute Gasteiger partial charge is 0.191 e. The van der Waals surface area contributed by atoms with E-state index in [2.05, 4.69) is 27.6 Å². The number of hydrogen-bond donors (Lipinski definition) is 3. The zero-order valence-electron chi connectivity index (χ0n) is 17.2. The summed E-state index contributed by atoms with van der Waals surface area (Å²) < 4.78 is 10.6. The van der Waals surface area contributed by atoms with Crippen molar-refractivity contribution < 1.29 is 14.3 Å². The highest BCUT2D eigenvalue weighted by molar-refractivity contribution is 5.79. The molecule has 1 unspecified atom stereocenters. The van der Waals surface area contributed by atoms with E-state index in [1.165, 1.54) is 0 Å². The van der Waals surface area contributed by atoms with Crippen molar-refractivity contribution in [1.29, 1.82) is 0 Å². The summed E-state index contributed by atoms with van der Waals surface area (Å²) in [7, 11) is 3.81. The Labute approximate surface area is 157 Å². The van der Waals surface area contributed by atoms with Crippen LogP contribution in [0, 0.1) is 13.8 Å². The number of guanidine groups is 1. The molecule has 0 saturated carbocycles. The van der Waals surface area contributed by atoms with Crippen molar-refractivity contribution in [2.45, 2.75) is 39.7 Å². The van der Waals surface area contributed by atoms with E-state index in [1.54, 1.807) is 14.0 Å². The van der Waals surface area contributed by atoms with Crippen LogP contribution in [0.25, 0.3) is 0 Å². The molecule has 0 aromatic carbocycles. The molecule has 1 aromatic heterocycles. The van der Waals surface area contributed by atoms with Crippen molar-refractivity contribution >= 4 is 5.96 Å². The third-order valence-corrected chi connectivity index (χ3v) is 4.20. The first kappa shape index (κ1) is 22.5. The molecule has 0 aliphatic rings. The van der Waals surface area contributed by atoms with E-state index >= 15 is 0 Å². The van der Waals surface area contributed by atoms with Crippen molar-refractivity contribution in [1.82, 2.24) is 15.5 Å². The molecule has 0 amide bonds. The molecular formula is C19H36N4O3. The Morgan fingerprint density at radius 2 is 2.08 bits per heavy atom. The zero-order valence-corrected chi connectivity index (χ0v) is 17.2. The molecule has 1 rings (SSSR count). The molecule has 150 valence electrons. The van der Waals surface area contributed by atoms with Crippen LogP contribution >= 0.6 is 0 Å². The number of hydrogen-bond acceptors (Lipinski definition) is 5. The van der Waals surface area contributed by atoms with Crippen LogP contribution in [-0.2, 0) is 10.3 Å². The number of likely N-dealkylation sites (N-methyl/N-ethyl adjacent to an activating group) is 1. The Kier molecular flexibility index (Phi) is 9.69. The van der Waals surface area contributed by atoms with E-state index in [0.29, 0.717) is 5.96 Å². The molecule has 0 radical (unpaired) electrons. The van der Waals surface area contributed by atoms with Gasteiger partial charge in [-0.15, -0.1) is 0 Å². The number of furan rings is 1. The fourth-order valence-corrected chi connectivity index (χ4v) is 2.74. The molecule has 0 spiro atoms.